The van der Waals surface area contributed by atoms with Crippen LogP contribution in [0.3, 0.4) is 0 Å². The van der Waals surface area contributed by atoms with Crippen LogP contribution < -0.4 is 10.1 Å². The summed E-state index contributed by atoms with van der Waals surface area (Å²) in [6.45, 7) is 0.880. The fourth-order valence-corrected chi connectivity index (χ4v) is 2.39. The fraction of sp³-hybridized carbons (Fsp3) is 0.333. The molecular weight excluding hydrogens is 317 g/mol. The Kier molecular flexibility index (Phi) is 4.69. The van der Waals surface area contributed by atoms with Crippen LogP contribution in [0.15, 0.2) is 30.7 Å². The Balaban J connectivity index is 1.59. The van der Waals surface area contributed by atoms with Gasteiger partial charge < -0.3 is 20.1 Å². The second-order valence-electron chi connectivity index (χ2n) is 5.31. The van der Waals surface area contributed by atoms with Crippen molar-refractivity contribution in [1.29, 1.82) is 0 Å². The average molecular weight is 333 g/mol. The summed E-state index contributed by atoms with van der Waals surface area (Å²) in [6.07, 6.45) is 2.68. The van der Waals surface area contributed by atoms with Gasteiger partial charge in [0.2, 0.25) is 5.88 Å². The van der Waals surface area contributed by atoms with Crippen LogP contribution in [0.4, 0.5) is 20.8 Å². The zero-order chi connectivity index (χ0) is 16.9. The Labute approximate surface area is 137 Å². The van der Waals surface area contributed by atoms with Crippen molar-refractivity contribution < 1.29 is 19.0 Å². The lowest BCUT2D eigenvalue weighted by Gasteiger charge is -2.29. The molecule has 126 valence electrons. The summed E-state index contributed by atoms with van der Waals surface area (Å²) in [5.41, 5.74) is 0. The largest absolute Gasteiger partial charge is 0.474 e. The van der Waals surface area contributed by atoms with Gasteiger partial charge >= 0.3 is 6.09 Å². The molecule has 2 aromatic rings. The molecule has 3 heterocycles. The summed E-state index contributed by atoms with van der Waals surface area (Å²) in [5.74, 6) is 0.904. The van der Waals surface area contributed by atoms with Crippen molar-refractivity contribution in [2.24, 2.45) is 0 Å². The molecule has 0 aromatic carbocycles. The molecule has 0 radical (unpaired) electrons. The summed E-state index contributed by atoms with van der Waals surface area (Å²) in [6, 6.07) is 4.42. The Hall–Kier alpha value is -2.97. The number of carbonyl (C=O) groups is 1. The van der Waals surface area contributed by atoms with Crippen LogP contribution in [-0.2, 0) is 0 Å². The highest BCUT2D eigenvalue weighted by molar-refractivity contribution is 5.65. The van der Waals surface area contributed by atoms with Gasteiger partial charge in [0.05, 0.1) is 6.20 Å². The van der Waals surface area contributed by atoms with Crippen LogP contribution in [-0.4, -0.2) is 50.2 Å². The van der Waals surface area contributed by atoms with Gasteiger partial charge in [0, 0.05) is 32.0 Å². The monoisotopic (exact) mass is 333 g/mol. The quantitative estimate of drug-likeness (QED) is 0.885. The molecule has 1 aliphatic rings. The highest BCUT2D eigenvalue weighted by atomic mass is 19.1. The Morgan fingerprint density at radius 2 is 2.04 bits per heavy atom. The van der Waals surface area contributed by atoms with E-state index in [2.05, 4.69) is 20.3 Å². The molecular formula is C15H16FN5O3. The number of hydrogen-bond donors (Lipinski definition) is 2. The molecule has 9 heteroatoms. The molecule has 1 aliphatic heterocycles. The first-order valence-corrected chi connectivity index (χ1v) is 7.45. The van der Waals surface area contributed by atoms with E-state index in [0.29, 0.717) is 43.4 Å². The molecule has 1 saturated heterocycles. The van der Waals surface area contributed by atoms with E-state index in [1.807, 2.05) is 0 Å². The number of nitrogens with zero attached hydrogens (tertiary/aromatic N) is 4. The van der Waals surface area contributed by atoms with Gasteiger partial charge in [-0.15, -0.1) is 0 Å². The Morgan fingerprint density at radius 1 is 1.25 bits per heavy atom. The minimum Gasteiger partial charge on any atom is -0.474 e. The number of likely N-dealkylation sites (tertiary alicyclic amines) is 1. The lowest BCUT2D eigenvalue weighted by atomic mass is 10.1. The molecule has 2 N–H and O–H groups in total. The van der Waals surface area contributed by atoms with Crippen LogP contribution in [0.25, 0.3) is 0 Å². The van der Waals surface area contributed by atoms with E-state index in [1.54, 1.807) is 6.07 Å². The van der Waals surface area contributed by atoms with Crippen molar-refractivity contribution in [3.63, 3.8) is 0 Å². The fourth-order valence-electron chi connectivity index (χ4n) is 2.39. The van der Waals surface area contributed by atoms with E-state index in [1.165, 1.54) is 23.4 Å². The van der Waals surface area contributed by atoms with Gasteiger partial charge in [-0.25, -0.2) is 24.1 Å². The third-order valence-electron chi connectivity index (χ3n) is 3.63. The maximum atomic E-state index is 12.9. The van der Waals surface area contributed by atoms with E-state index in [0.717, 1.165) is 6.20 Å². The van der Waals surface area contributed by atoms with Gasteiger partial charge in [0.25, 0.3) is 0 Å². The number of rotatable bonds is 4. The van der Waals surface area contributed by atoms with E-state index in [-0.39, 0.29) is 6.10 Å². The number of halogens is 1. The molecule has 8 nitrogen and oxygen atoms in total. The molecule has 0 bridgehead atoms. The number of pyridine rings is 1. The van der Waals surface area contributed by atoms with Crippen molar-refractivity contribution in [3.05, 3.63) is 36.5 Å². The molecule has 0 atom stereocenters. The van der Waals surface area contributed by atoms with Crippen molar-refractivity contribution in [3.8, 4) is 5.88 Å². The lowest BCUT2D eigenvalue weighted by Crippen LogP contribution is -2.41. The van der Waals surface area contributed by atoms with E-state index < -0.39 is 11.9 Å². The average Bonchev–Trinajstić information content (AvgIpc) is 2.58. The smallest absolute Gasteiger partial charge is 0.407 e. The van der Waals surface area contributed by atoms with Crippen LogP contribution in [0.1, 0.15) is 12.8 Å². The lowest BCUT2D eigenvalue weighted by molar-refractivity contribution is 0.0870. The van der Waals surface area contributed by atoms with Gasteiger partial charge in [-0.05, 0) is 12.1 Å². The number of aromatic nitrogens is 3. The predicted molar refractivity (Wildman–Crippen MR) is 82.8 cm³/mol. The maximum Gasteiger partial charge on any atom is 0.407 e. The predicted octanol–water partition coefficient (Wildman–Crippen LogP) is 2.28. The third kappa shape index (κ3) is 4.06. The molecule has 2 aromatic heterocycles. The van der Waals surface area contributed by atoms with Crippen molar-refractivity contribution in [2.45, 2.75) is 18.9 Å². The molecule has 0 spiro atoms. The normalized spacial score (nSPS) is 15.1. The minimum absolute atomic E-state index is 0.0905. The Morgan fingerprint density at radius 3 is 2.71 bits per heavy atom. The van der Waals surface area contributed by atoms with Gasteiger partial charge in [-0.2, -0.15) is 0 Å². The standard InChI is InChI=1S/C15H16FN5O3/c16-10-1-2-12(17-8-10)20-13-7-14(19-9-18-13)24-11-3-5-21(6-4-11)15(22)23/h1-2,7-9,11H,3-6H2,(H,22,23)(H,17,18,19,20). The number of nitrogens with one attached hydrogen (secondary N) is 1. The maximum absolute atomic E-state index is 12.9. The Bertz CT molecular complexity index is 705. The zero-order valence-corrected chi connectivity index (χ0v) is 12.7. The van der Waals surface area contributed by atoms with Crippen molar-refractivity contribution >= 4 is 17.7 Å². The topological polar surface area (TPSA) is 100 Å². The molecule has 0 unspecified atom stereocenters. The number of carboxylic acid groups (broad SMARTS) is 1. The second-order valence-corrected chi connectivity index (χ2v) is 5.31. The number of hydrogen-bond acceptors (Lipinski definition) is 6. The SMILES string of the molecule is O=C(O)N1CCC(Oc2cc(Nc3ccc(F)cn3)ncn2)CC1. The molecule has 0 saturated carbocycles. The van der Waals surface area contributed by atoms with Crippen LogP contribution in [0.5, 0.6) is 5.88 Å². The van der Waals surface area contributed by atoms with E-state index >= 15 is 0 Å². The molecule has 24 heavy (non-hydrogen) atoms. The van der Waals surface area contributed by atoms with Crippen molar-refractivity contribution in [1.82, 2.24) is 19.9 Å². The summed E-state index contributed by atoms with van der Waals surface area (Å²) < 4.78 is 18.6. The molecule has 1 amide bonds. The first-order chi connectivity index (χ1) is 11.6. The summed E-state index contributed by atoms with van der Waals surface area (Å²) in [7, 11) is 0. The molecule has 3 rings (SSSR count). The molecule has 1 fully saturated rings. The third-order valence-corrected chi connectivity index (χ3v) is 3.63. The number of amides is 1. The van der Waals surface area contributed by atoms with Gasteiger partial charge in [-0.1, -0.05) is 0 Å². The zero-order valence-electron chi connectivity index (χ0n) is 12.7. The number of anilines is 2. The first-order valence-electron chi connectivity index (χ1n) is 7.45. The van der Waals surface area contributed by atoms with Crippen LogP contribution in [0, 0.1) is 5.82 Å². The number of ether oxygens (including phenoxy) is 1. The van der Waals surface area contributed by atoms with Gasteiger partial charge in [-0.3, -0.25) is 0 Å². The summed E-state index contributed by atoms with van der Waals surface area (Å²) >= 11 is 0. The van der Waals surface area contributed by atoms with E-state index in [9.17, 15) is 9.18 Å². The number of piperidine rings is 1. The summed E-state index contributed by atoms with van der Waals surface area (Å²) in [4.78, 5) is 24.3. The highest BCUT2D eigenvalue weighted by Gasteiger charge is 2.23. The van der Waals surface area contributed by atoms with Crippen LogP contribution in [0.2, 0.25) is 0 Å². The van der Waals surface area contributed by atoms with Crippen molar-refractivity contribution in [2.75, 3.05) is 18.4 Å². The summed E-state index contributed by atoms with van der Waals surface area (Å²) in [5, 5.41) is 11.9. The van der Waals surface area contributed by atoms with Crippen LogP contribution >= 0.6 is 0 Å². The first kappa shape index (κ1) is 15.9. The van der Waals surface area contributed by atoms with Gasteiger partial charge in [0.1, 0.15) is 29.9 Å². The minimum atomic E-state index is -0.909. The van der Waals surface area contributed by atoms with Gasteiger partial charge in [0.15, 0.2) is 0 Å². The molecule has 0 aliphatic carbocycles. The second kappa shape index (κ2) is 7.07. The highest BCUT2D eigenvalue weighted by Crippen LogP contribution is 2.20. The van der Waals surface area contributed by atoms with E-state index in [4.69, 9.17) is 9.84 Å².